The Bertz CT molecular complexity index is 645. The van der Waals surface area contributed by atoms with Crippen molar-refractivity contribution in [3.8, 4) is 10.6 Å². The lowest BCUT2D eigenvalue weighted by atomic mass is 9.96. The Morgan fingerprint density at radius 3 is 2.60 bits per heavy atom. The molecule has 0 unspecified atom stereocenters. The van der Waals surface area contributed by atoms with Gasteiger partial charge in [0, 0.05) is 31.0 Å². The van der Waals surface area contributed by atoms with Crippen molar-refractivity contribution >= 4 is 42.1 Å². The van der Waals surface area contributed by atoms with E-state index in [1.807, 2.05) is 17.0 Å². The summed E-state index contributed by atoms with van der Waals surface area (Å²) in [5.74, 6) is 0.803. The molecule has 0 spiro atoms. The fourth-order valence-electron chi connectivity index (χ4n) is 2.85. The van der Waals surface area contributed by atoms with Gasteiger partial charge >= 0.3 is 0 Å². The number of halogens is 2. The first kappa shape index (κ1) is 21.8. The molecule has 0 aromatic carbocycles. The van der Waals surface area contributed by atoms with E-state index in [9.17, 15) is 4.79 Å². The van der Waals surface area contributed by atoms with Gasteiger partial charge in [0.2, 0.25) is 0 Å². The van der Waals surface area contributed by atoms with Crippen molar-refractivity contribution < 1.29 is 4.79 Å². The number of aromatic nitrogens is 2. The van der Waals surface area contributed by atoms with Crippen LogP contribution in [0.2, 0.25) is 0 Å². The van der Waals surface area contributed by atoms with Gasteiger partial charge in [-0.1, -0.05) is 6.92 Å². The topological polar surface area (TPSA) is 58.1 Å². The molecule has 8 heteroatoms. The van der Waals surface area contributed by atoms with E-state index in [4.69, 9.17) is 0 Å². The fraction of sp³-hybridized carbons (Fsp3) is 0.471. The number of carbonyl (C=O) groups excluding carboxylic acids is 1. The van der Waals surface area contributed by atoms with E-state index in [-0.39, 0.29) is 30.7 Å². The molecule has 0 saturated carbocycles. The summed E-state index contributed by atoms with van der Waals surface area (Å²) in [6, 6.07) is 3.83. The number of amides is 1. The van der Waals surface area contributed by atoms with Crippen LogP contribution in [0.4, 0.5) is 0 Å². The molecule has 5 nitrogen and oxygen atoms in total. The van der Waals surface area contributed by atoms with Crippen LogP contribution in [0, 0.1) is 5.92 Å². The molecule has 1 aliphatic heterocycles. The zero-order valence-corrected chi connectivity index (χ0v) is 16.6. The molecule has 0 bridgehead atoms. The van der Waals surface area contributed by atoms with Gasteiger partial charge in [-0.3, -0.25) is 9.78 Å². The number of piperidine rings is 1. The monoisotopic (exact) mass is 402 g/mol. The molecule has 1 fully saturated rings. The number of thiazole rings is 1. The van der Waals surface area contributed by atoms with Crippen molar-refractivity contribution in [3.05, 3.63) is 35.6 Å². The van der Waals surface area contributed by atoms with Gasteiger partial charge < -0.3 is 10.2 Å². The average Bonchev–Trinajstić information content (AvgIpc) is 3.11. The van der Waals surface area contributed by atoms with E-state index in [0.717, 1.165) is 54.5 Å². The van der Waals surface area contributed by atoms with Gasteiger partial charge in [0.1, 0.15) is 9.88 Å². The van der Waals surface area contributed by atoms with E-state index in [2.05, 4.69) is 22.2 Å². The average molecular weight is 403 g/mol. The number of rotatable bonds is 5. The third kappa shape index (κ3) is 5.64. The third-order valence-electron chi connectivity index (χ3n) is 4.23. The minimum absolute atomic E-state index is 0. The summed E-state index contributed by atoms with van der Waals surface area (Å²) in [6.45, 7) is 5.89. The molecular formula is C17H24Cl2N4OS. The standard InChI is InChI=1S/C17H22N4OS.2ClH/c1-2-18-11-13-5-9-21(10-6-13)17(22)15-12-20-16(23-15)14-3-7-19-8-4-14;;/h3-4,7-8,12-13,18H,2,5-6,9-11H2,1H3;2*1H. The van der Waals surface area contributed by atoms with Crippen LogP contribution >= 0.6 is 36.2 Å². The molecule has 3 rings (SSSR count). The maximum Gasteiger partial charge on any atom is 0.265 e. The second-order valence-corrected chi connectivity index (χ2v) is 6.84. The van der Waals surface area contributed by atoms with Crippen molar-refractivity contribution in [2.75, 3.05) is 26.2 Å². The smallest absolute Gasteiger partial charge is 0.265 e. The van der Waals surface area contributed by atoms with Crippen LogP contribution in [0.25, 0.3) is 10.6 Å². The second kappa shape index (κ2) is 10.7. The minimum atomic E-state index is 0. The van der Waals surface area contributed by atoms with Gasteiger partial charge in [-0.2, -0.15) is 0 Å². The minimum Gasteiger partial charge on any atom is -0.338 e. The van der Waals surface area contributed by atoms with Crippen LogP contribution in [-0.4, -0.2) is 47.0 Å². The number of hydrogen-bond donors (Lipinski definition) is 1. The SMILES string of the molecule is CCNCC1CCN(C(=O)c2cnc(-c3ccncc3)s2)CC1.Cl.Cl. The van der Waals surface area contributed by atoms with Crippen LogP contribution in [-0.2, 0) is 0 Å². The second-order valence-electron chi connectivity index (χ2n) is 5.81. The van der Waals surface area contributed by atoms with Gasteiger partial charge in [0.15, 0.2) is 0 Å². The Balaban J connectivity index is 0.00000156. The highest BCUT2D eigenvalue weighted by atomic mass is 35.5. The molecule has 3 heterocycles. The molecule has 138 valence electrons. The summed E-state index contributed by atoms with van der Waals surface area (Å²) in [5.41, 5.74) is 1.01. The Morgan fingerprint density at radius 1 is 1.28 bits per heavy atom. The molecular weight excluding hydrogens is 379 g/mol. The molecule has 0 aliphatic carbocycles. The number of hydrogen-bond acceptors (Lipinski definition) is 5. The van der Waals surface area contributed by atoms with E-state index in [1.54, 1.807) is 18.6 Å². The summed E-state index contributed by atoms with van der Waals surface area (Å²) in [6.07, 6.45) is 7.34. The summed E-state index contributed by atoms with van der Waals surface area (Å²) < 4.78 is 0. The van der Waals surface area contributed by atoms with Crippen molar-refractivity contribution in [1.82, 2.24) is 20.2 Å². The van der Waals surface area contributed by atoms with Crippen molar-refractivity contribution in [3.63, 3.8) is 0 Å². The zero-order valence-electron chi connectivity index (χ0n) is 14.2. The summed E-state index contributed by atoms with van der Waals surface area (Å²) >= 11 is 1.46. The summed E-state index contributed by atoms with van der Waals surface area (Å²) in [7, 11) is 0. The van der Waals surface area contributed by atoms with Gasteiger partial charge in [0.05, 0.1) is 6.20 Å². The molecule has 1 N–H and O–H groups in total. The van der Waals surface area contributed by atoms with Crippen molar-refractivity contribution in [2.24, 2.45) is 5.92 Å². The first-order valence-electron chi connectivity index (χ1n) is 8.14. The summed E-state index contributed by atoms with van der Waals surface area (Å²) in [4.78, 5) is 23.7. The third-order valence-corrected chi connectivity index (χ3v) is 5.26. The molecule has 2 aromatic rings. The van der Waals surface area contributed by atoms with E-state index >= 15 is 0 Å². The number of likely N-dealkylation sites (tertiary alicyclic amines) is 1. The van der Waals surface area contributed by atoms with Gasteiger partial charge in [0.25, 0.3) is 5.91 Å². The highest BCUT2D eigenvalue weighted by Gasteiger charge is 2.24. The van der Waals surface area contributed by atoms with E-state index in [0.29, 0.717) is 5.92 Å². The lowest BCUT2D eigenvalue weighted by molar-refractivity contribution is 0.0695. The van der Waals surface area contributed by atoms with E-state index < -0.39 is 0 Å². The largest absolute Gasteiger partial charge is 0.338 e. The van der Waals surface area contributed by atoms with Crippen molar-refractivity contribution in [1.29, 1.82) is 0 Å². The molecule has 0 radical (unpaired) electrons. The Labute approximate surface area is 165 Å². The first-order valence-corrected chi connectivity index (χ1v) is 8.95. The first-order chi connectivity index (χ1) is 11.3. The van der Waals surface area contributed by atoms with Crippen molar-refractivity contribution in [2.45, 2.75) is 19.8 Å². The molecule has 25 heavy (non-hydrogen) atoms. The maximum atomic E-state index is 12.6. The predicted molar refractivity (Wildman–Crippen MR) is 107 cm³/mol. The Kier molecular flexibility index (Phi) is 9.35. The summed E-state index contributed by atoms with van der Waals surface area (Å²) in [5, 5.41) is 4.27. The fourth-order valence-corrected chi connectivity index (χ4v) is 3.73. The van der Waals surface area contributed by atoms with Crippen LogP contribution in [0.3, 0.4) is 0 Å². The van der Waals surface area contributed by atoms with Gasteiger partial charge in [-0.25, -0.2) is 4.98 Å². The molecule has 1 aliphatic rings. The molecule has 1 saturated heterocycles. The quantitative estimate of drug-likeness (QED) is 0.830. The Morgan fingerprint density at radius 2 is 1.96 bits per heavy atom. The molecule has 1 amide bonds. The number of nitrogens with one attached hydrogen (secondary N) is 1. The van der Waals surface area contributed by atoms with Crippen LogP contribution in [0.15, 0.2) is 30.7 Å². The lowest BCUT2D eigenvalue weighted by Gasteiger charge is -2.31. The molecule has 0 atom stereocenters. The normalized spacial score (nSPS) is 14.5. The highest BCUT2D eigenvalue weighted by molar-refractivity contribution is 7.16. The number of carbonyl (C=O) groups is 1. The lowest BCUT2D eigenvalue weighted by Crippen LogP contribution is -2.40. The maximum absolute atomic E-state index is 12.6. The zero-order chi connectivity index (χ0) is 16.1. The highest BCUT2D eigenvalue weighted by Crippen LogP contribution is 2.26. The Hall–Kier alpha value is -1.21. The van der Waals surface area contributed by atoms with Crippen LogP contribution in [0.1, 0.15) is 29.4 Å². The predicted octanol–water partition coefficient (Wildman–Crippen LogP) is 3.51. The van der Waals surface area contributed by atoms with E-state index in [1.165, 1.54) is 11.3 Å². The van der Waals surface area contributed by atoms with Gasteiger partial charge in [-0.15, -0.1) is 36.2 Å². The number of pyridine rings is 1. The molecule has 2 aromatic heterocycles. The number of nitrogens with zero attached hydrogens (tertiary/aromatic N) is 3. The van der Waals surface area contributed by atoms with Crippen LogP contribution < -0.4 is 5.32 Å². The van der Waals surface area contributed by atoms with Gasteiger partial charge in [-0.05, 0) is 44.0 Å². The van der Waals surface area contributed by atoms with Crippen LogP contribution in [0.5, 0.6) is 0 Å².